The third kappa shape index (κ3) is 1.86. The van der Waals surface area contributed by atoms with E-state index in [1.54, 1.807) is 0 Å². The van der Waals surface area contributed by atoms with Crippen molar-refractivity contribution in [2.75, 3.05) is 0 Å². The molecule has 0 saturated heterocycles. The van der Waals surface area contributed by atoms with E-state index >= 15 is 0 Å². The summed E-state index contributed by atoms with van der Waals surface area (Å²) in [5, 5.41) is 7.98. The second-order valence-electron chi connectivity index (χ2n) is 4.76. The Bertz CT molecular complexity index is 1010. The summed E-state index contributed by atoms with van der Waals surface area (Å²) in [5.41, 5.74) is 9.70. The maximum Gasteiger partial charge on any atom is 0.239 e. The van der Waals surface area contributed by atoms with E-state index in [0.717, 1.165) is 22.1 Å². The number of primary amides is 1. The Morgan fingerprint density at radius 1 is 1.00 bits per heavy atom. The van der Waals surface area contributed by atoms with Gasteiger partial charge in [0.2, 0.25) is 5.91 Å². The van der Waals surface area contributed by atoms with Crippen molar-refractivity contribution in [2.45, 2.75) is 6.54 Å². The smallest absolute Gasteiger partial charge is 0.239 e. The maximum absolute atomic E-state index is 11.1. The van der Waals surface area contributed by atoms with Gasteiger partial charge in [0, 0.05) is 0 Å². The minimum absolute atomic E-state index is 0.0109. The monoisotopic (exact) mass is 278 g/mol. The zero-order chi connectivity index (χ0) is 14.4. The molecule has 0 unspecified atom stereocenters. The molecule has 0 saturated carbocycles. The normalized spacial score (nSPS) is 11.4. The minimum atomic E-state index is -0.466. The fraction of sp³-hybridized carbons (Fsp3) is 0.0714. The van der Waals surface area contributed by atoms with E-state index in [9.17, 15) is 4.79 Å². The number of nitrogens with two attached hydrogens (primary N) is 1. The van der Waals surface area contributed by atoms with Gasteiger partial charge in [-0.2, -0.15) is 0 Å². The third-order valence-corrected chi connectivity index (χ3v) is 3.28. The predicted octanol–water partition coefficient (Wildman–Crippen LogP) is 1.01. The average molecular weight is 278 g/mol. The zero-order valence-corrected chi connectivity index (χ0v) is 10.9. The van der Waals surface area contributed by atoms with Gasteiger partial charge < -0.3 is 5.73 Å². The number of nitrogens with zero attached hydrogens (tertiary/aromatic N) is 5. The molecule has 7 heteroatoms. The molecule has 7 nitrogen and oxygen atoms in total. The molecule has 0 spiro atoms. The number of fused-ring (bicyclic) bond motifs is 3. The summed E-state index contributed by atoms with van der Waals surface area (Å²) in [6, 6.07) is 11.3. The molecular formula is C14H10N6O. The van der Waals surface area contributed by atoms with Crippen LogP contribution in [0.25, 0.3) is 33.1 Å². The summed E-state index contributed by atoms with van der Waals surface area (Å²) >= 11 is 0. The highest BCUT2D eigenvalue weighted by Gasteiger charge is 2.10. The van der Waals surface area contributed by atoms with Crippen molar-refractivity contribution >= 4 is 39.0 Å². The number of amides is 1. The van der Waals surface area contributed by atoms with E-state index in [4.69, 9.17) is 5.73 Å². The summed E-state index contributed by atoms with van der Waals surface area (Å²) in [6.45, 7) is -0.0109. The van der Waals surface area contributed by atoms with Crippen LogP contribution in [0.1, 0.15) is 0 Å². The number of para-hydroxylation sites is 2. The number of hydrogen-bond acceptors (Lipinski definition) is 5. The number of rotatable bonds is 2. The molecule has 2 aromatic carbocycles. The highest BCUT2D eigenvalue weighted by Crippen LogP contribution is 2.21. The first-order valence-electron chi connectivity index (χ1n) is 6.39. The Morgan fingerprint density at radius 3 is 2.33 bits per heavy atom. The van der Waals surface area contributed by atoms with Gasteiger partial charge in [-0.05, 0) is 24.3 Å². The summed E-state index contributed by atoms with van der Waals surface area (Å²) < 4.78 is 1.47. The first kappa shape index (κ1) is 11.7. The molecule has 0 fully saturated rings. The lowest BCUT2D eigenvalue weighted by Gasteiger charge is -2.02. The van der Waals surface area contributed by atoms with Gasteiger partial charge in [-0.25, -0.2) is 14.6 Å². The Hall–Kier alpha value is -3.09. The lowest BCUT2D eigenvalue weighted by molar-refractivity contribution is -0.118. The molecular weight excluding hydrogens is 268 g/mol. The molecule has 4 aromatic rings. The molecule has 2 aromatic heterocycles. The van der Waals surface area contributed by atoms with Gasteiger partial charge in [-0.1, -0.05) is 17.3 Å². The van der Waals surface area contributed by atoms with Crippen LogP contribution in [0.5, 0.6) is 0 Å². The number of carbonyl (C=O) groups excluding carboxylic acids is 1. The van der Waals surface area contributed by atoms with Gasteiger partial charge >= 0.3 is 0 Å². The lowest BCUT2D eigenvalue weighted by Crippen LogP contribution is -2.19. The van der Waals surface area contributed by atoms with Crippen LogP contribution in [-0.2, 0) is 11.3 Å². The predicted molar refractivity (Wildman–Crippen MR) is 77.3 cm³/mol. The van der Waals surface area contributed by atoms with Crippen molar-refractivity contribution in [2.24, 2.45) is 5.73 Å². The fourth-order valence-electron chi connectivity index (χ4n) is 2.35. The van der Waals surface area contributed by atoms with E-state index in [1.807, 2.05) is 36.4 Å². The van der Waals surface area contributed by atoms with E-state index in [-0.39, 0.29) is 6.54 Å². The topological polar surface area (TPSA) is 99.6 Å². The van der Waals surface area contributed by atoms with Crippen LogP contribution in [0.3, 0.4) is 0 Å². The molecule has 0 aliphatic heterocycles. The molecule has 21 heavy (non-hydrogen) atoms. The van der Waals surface area contributed by atoms with Gasteiger partial charge in [-0.15, -0.1) is 5.10 Å². The van der Waals surface area contributed by atoms with E-state index in [2.05, 4.69) is 20.3 Å². The molecule has 102 valence electrons. The van der Waals surface area contributed by atoms with Crippen molar-refractivity contribution in [1.29, 1.82) is 0 Å². The molecule has 0 atom stereocenters. The standard InChI is InChI=1S/C14H10N6O/c15-14(21)7-20-13-6-11-10(5-12(13)18-19-20)16-8-3-1-2-4-9(8)17-11/h1-6H,7H2,(H2,15,21). The molecule has 4 rings (SSSR count). The highest BCUT2D eigenvalue weighted by atomic mass is 16.1. The summed E-state index contributed by atoms with van der Waals surface area (Å²) in [5.74, 6) is -0.466. The Kier molecular flexibility index (Phi) is 2.34. The van der Waals surface area contributed by atoms with Crippen LogP contribution in [0.15, 0.2) is 36.4 Å². The zero-order valence-electron chi connectivity index (χ0n) is 10.9. The number of aromatic nitrogens is 5. The van der Waals surface area contributed by atoms with E-state index in [0.29, 0.717) is 11.0 Å². The molecule has 1 amide bonds. The summed E-state index contributed by atoms with van der Waals surface area (Å²) in [6.07, 6.45) is 0. The first-order chi connectivity index (χ1) is 10.2. The second kappa shape index (κ2) is 4.20. The third-order valence-electron chi connectivity index (χ3n) is 3.28. The average Bonchev–Trinajstić information content (AvgIpc) is 2.84. The lowest BCUT2D eigenvalue weighted by atomic mass is 10.2. The Morgan fingerprint density at radius 2 is 1.67 bits per heavy atom. The van der Waals surface area contributed by atoms with Gasteiger partial charge in [0.15, 0.2) is 0 Å². The number of benzene rings is 2. The maximum atomic E-state index is 11.1. The van der Waals surface area contributed by atoms with Crippen LogP contribution in [0.4, 0.5) is 0 Å². The quantitative estimate of drug-likeness (QED) is 0.552. The Labute approximate surface area is 118 Å². The van der Waals surface area contributed by atoms with Gasteiger partial charge in [0.1, 0.15) is 12.1 Å². The fourth-order valence-corrected chi connectivity index (χ4v) is 2.35. The van der Waals surface area contributed by atoms with Crippen LogP contribution in [-0.4, -0.2) is 30.9 Å². The second-order valence-corrected chi connectivity index (χ2v) is 4.76. The van der Waals surface area contributed by atoms with Crippen molar-refractivity contribution in [3.63, 3.8) is 0 Å². The van der Waals surface area contributed by atoms with Gasteiger partial charge in [0.05, 0.1) is 27.6 Å². The molecule has 2 N–H and O–H groups in total. The molecule has 0 bridgehead atoms. The van der Waals surface area contributed by atoms with Crippen molar-refractivity contribution < 1.29 is 4.79 Å². The minimum Gasteiger partial charge on any atom is -0.368 e. The van der Waals surface area contributed by atoms with Crippen molar-refractivity contribution in [3.05, 3.63) is 36.4 Å². The van der Waals surface area contributed by atoms with Gasteiger partial charge in [-0.3, -0.25) is 4.79 Å². The van der Waals surface area contributed by atoms with Crippen LogP contribution in [0.2, 0.25) is 0 Å². The van der Waals surface area contributed by atoms with Gasteiger partial charge in [0.25, 0.3) is 0 Å². The number of carbonyl (C=O) groups is 1. The molecule has 2 heterocycles. The summed E-state index contributed by atoms with van der Waals surface area (Å²) in [4.78, 5) is 20.2. The summed E-state index contributed by atoms with van der Waals surface area (Å²) in [7, 11) is 0. The SMILES string of the molecule is NC(=O)Cn1nnc2cc3nc4ccccc4nc3cc21. The van der Waals surface area contributed by atoms with Crippen molar-refractivity contribution in [3.8, 4) is 0 Å². The number of hydrogen-bond donors (Lipinski definition) is 1. The highest BCUT2D eigenvalue weighted by molar-refractivity contribution is 5.94. The van der Waals surface area contributed by atoms with E-state index in [1.165, 1.54) is 4.68 Å². The molecule has 0 radical (unpaired) electrons. The first-order valence-corrected chi connectivity index (χ1v) is 6.39. The molecule has 0 aliphatic carbocycles. The van der Waals surface area contributed by atoms with Crippen LogP contribution < -0.4 is 5.73 Å². The van der Waals surface area contributed by atoms with E-state index < -0.39 is 5.91 Å². The molecule has 0 aliphatic rings. The van der Waals surface area contributed by atoms with Crippen LogP contribution >= 0.6 is 0 Å². The van der Waals surface area contributed by atoms with Crippen LogP contribution in [0, 0.1) is 0 Å². The Balaban J connectivity index is 2.03. The largest absolute Gasteiger partial charge is 0.368 e. The van der Waals surface area contributed by atoms with Crippen molar-refractivity contribution in [1.82, 2.24) is 25.0 Å².